The maximum absolute atomic E-state index is 5.85. The maximum atomic E-state index is 5.85. The molecular weight excluding hydrogens is 214 g/mol. The van der Waals surface area contributed by atoms with E-state index in [-0.39, 0.29) is 5.60 Å². The quantitative estimate of drug-likeness (QED) is 0.539. The Hall–Kier alpha value is 0.170. The summed E-state index contributed by atoms with van der Waals surface area (Å²) in [5.41, 5.74) is 0.0709. The van der Waals surface area contributed by atoms with Crippen LogP contribution < -0.4 is 5.32 Å². The molecule has 15 heavy (non-hydrogen) atoms. The first kappa shape index (κ1) is 13.2. The molecular formula is C11H22ClNO2. The summed E-state index contributed by atoms with van der Waals surface area (Å²) >= 11 is 5.48. The van der Waals surface area contributed by atoms with Gasteiger partial charge >= 0.3 is 0 Å². The predicted molar refractivity (Wildman–Crippen MR) is 62.6 cm³/mol. The number of nitrogens with one attached hydrogen (secondary N) is 1. The predicted octanol–water partition coefficient (Wildman–Crippen LogP) is 1.79. The Bertz CT molecular complexity index is 176. The van der Waals surface area contributed by atoms with Crippen LogP contribution in [0.15, 0.2) is 0 Å². The molecule has 1 rings (SSSR count). The second-order valence-electron chi connectivity index (χ2n) is 4.54. The van der Waals surface area contributed by atoms with Gasteiger partial charge in [-0.2, -0.15) is 0 Å². The van der Waals surface area contributed by atoms with Crippen LogP contribution in [0, 0.1) is 0 Å². The van der Waals surface area contributed by atoms with Crippen LogP contribution in [0.2, 0.25) is 0 Å². The van der Waals surface area contributed by atoms with E-state index in [4.69, 9.17) is 21.1 Å². The molecule has 1 heterocycles. The van der Waals surface area contributed by atoms with Crippen molar-refractivity contribution in [3.8, 4) is 0 Å². The highest BCUT2D eigenvalue weighted by molar-refractivity contribution is 6.17. The van der Waals surface area contributed by atoms with Gasteiger partial charge in [-0.05, 0) is 26.7 Å². The van der Waals surface area contributed by atoms with E-state index >= 15 is 0 Å². The molecule has 0 amide bonds. The zero-order valence-electron chi connectivity index (χ0n) is 9.72. The van der Waals surface area contributed by atoms with Crippen molar-refractivity contribution in [3.05, 3.63) is 0 Å². The summed E-state index contributed by atoms with van der Waals surface area (Å²) in [6.45, 7) is 7.46. The number of hydrogen-bond acceptors (Lipinski definition) is 3. The molecule has 1 fully saturated rings. The summed E-state index contributed by atoms with van der Waals surface area (Å²) in [7, 11) is 0. The molecule has 0 spiro atoms. The molecule has 1 aliphatic heterocycles. The van der Waals surface area contributed by atoms with Crippen molar-refractivity contribution >= 4 is 11.6 Å². The van der Waals surface area contributed by atoms with Gasteiger partial charge in [0, 0.05) is 19.0 Å². The summed E-state index contributed by atoms with van der Waals surface area (Å²) in [5.74, 6) is 0.569. The second kappa shape index (κ2) is 6.69. The lowest BCUT2D eigenvalue weighted by Crippen LogP contribution is -2.31. The second-order valence-corrected chi connectivity index (χ2v) is 4.92. The van der Waals surface area contributed by atoms with E-state index in [2.05, 4.69) is 19.2 Å². The van der Waals surface area contributed by atoms with E-state index < -0.39 is 0 Å². The Morgan fingerprint density at radius 3 is 2.87 bits per heavy atom. The molecule has 0 saturated carbocycles. The molecule has 3 nitrogen and oxygen atoms in total. The summed E-state index contributed by atoms with van der Waals surface area (Å²) in [5, 5.41) is 3.33. The van der Waals surface area contributed by atoms with Crippen LogP contribution in [0.4, 0.5) is 0 Å². The van der Waals surface area contributed by atoms with Crippen molar-refractivity contribution < 1.29 is 9.47 Å². The number of ether oxygens (including phenoxy) is 2. The van der Waals surface area contributed by atoms with Crippen LogP contribution in [0.5, 0.6) is 0 Å². The van der Waals surface area contributed by atoms with Gasteiger partial charge in [-0.15, -0.1) is 11.6 Å². The molecule has 0 aromatic carbocycles. The third kappa shape index (κ3) is 5.71. The molecule has 1 aliphatic rings. The molecule has 1 saturated heterocycles. The average Bonchev–Trinajstić information content (AvgIpc) is 2.52. The number of rotatable bonds is 7. The van der Waals surface area contributed by atoms with Crippen LogP contribution in [-0.2, 0) is 9.47 Å². The highest BCUT2D eigenvalue weighted by Crippen LogP contribution is 2.28. The summed E-state index contributed by atoms with van der Waals surface area (Å²) in [4.78, 5) is 0. The highest BCUT2D eigenvalue weighted by atomic mass is 35.5. The van der Waals surface area contributed by atoms with Crippen molar-refractivity contribution in [3.63, 3.8) is 0 Å². The van der Waals surface area contributed by atoms with Crippen LogP contribution >= 0.6 is 11.6 Å². The minimum atomic E-state index is 0.0709. The van der Waals surface area contributed by atoms with E-state index in [1.54, 1.807) is 0 Å². The van der Waals surface area contributed by atoms with Crippen LogP contribution in [-0.4, -0.2) is 43.9 Å². The maximum Gasteiger partial charge on any atom is 0.0707 e. The fourth-order valence-electron chi connectivity index (χ4n) is 1.79. The van der Waals surface area contributed by atoms with Gasteiger partial charge in [0.2, 0.25) is 0 Å². The minimum Gasteiger partial charge on any atom is -0.379 e. The van der Waals surface area contributed by atoms with Gasteiger partial charge in [0.05, 0.1) is 24.9 Å². The monoisotopic (exact) mass is 235 g/mol. The van der Waals surface area contributed by atoms with Gasteiger partial charge in [0.15, 0.2) is 0 Å². The molecule has 0 aliphatic carbocycles. The molecule has 0 bridgehead atoms. The Balaban J connectivity index is 1.93. The zero-order chi connectivity index (χ0) is 11.1. The lowest BCUT2D eigenvalue weighted by atomic mass is 10.1. The highest BCUT2D eigenvalue weighted by Gasteiger charge is 2.30. The van der Waals surface area contributed by atoms with Crippen molar-refractivity contribution in [2.75, 3.05) is 32.2 Å². The number of alkyl halides is 1. The van der Waals surface area contributed by atoms with Gasteiger partial charge in [0.25, 0.3) is 0 Å². The molecule has 0 radical (unpaired) electrons. The van der Waals surface area contributed by atoms with E-state index in [1.807, 2.05) is 0 Å². The van der Waals surface area contributed by atoms with E-state index in [1.165, 1.54) is 0 Å². The lowest BCUT2D eigenvalue weighted by molar-refractivity contribution is -0.0146. The number of halogens is 1. The van der Waals surface area contributed by atoms with Gasteiger partial charge in [0.1, 0.15) is 0 Å². The van der Waals surface area contributed by atoms with E-state index in [9.17, 15) is 0 Å². The Morgan fingerprint density at radius 1 is 1.47 bits per heavy atom. The van der Waals surface area contributed by atoms with Crippen molar-refractivity contribution in [1.82, 2.24) is 5.32 Å². The van der Waals surface area contributed by atoms with Crippen LogP contribution in [0.1, 0.15) is 26.7 Å². The smallest absolute Gasteiger partial charge is 0.0707 e. The third-order valence-corrected chi connectivity index (χ3v) is 2.73. The molecule has 1 atom stereocenters. The van der Waals surface area contributed by atoms with Crippen LogP contribution in [0.25, 0.3) is 0 Å². The number of hydrogen-bond donors (Lipinski definition) is 1. The van der Waals surface area contributed by atoms with E-state index in [0.29, 0.717) is 18.6 Å². The first-order chi connectivity index (χ1) is 7.14. The summed E-state index contributed by atoms with van der Waals surface area (Å²) in [6.07, 6.45) is 2.68. The fraction of sp³-hybridized carbons (Fsp3) is 1.00. The van der Waals surface area contributed by atoms with Gasteiger partial charge in [-0.1, -0.05) is 0 Å². The first-order valence-corrected chi connectivity index (χ1v) is 6.20. The molecule has 4 heteroatoms. The van der Waals surface area contributed by atoms with Gasteiger partial charge in [-0.25, -0.2) is 0 Å². The van der Waals surface area contributed by atoms with Gasteiger partial charge < -0.3 is 14.8 Å². The Morgan fingerprint density at radius 2 is 2.27 bits per heavy atom. The molecule has 90 valence electrons. The standard InChI is InChI=1S/C11H22ClNO2/c1-11(2)4-3-10(15-11)9-13-6-8-14-7-5-12/h10,13H,3-9H2,1-2H3. The lowest BCUT2D eigenvalue weighted by Gasteiger charge is -2.19. The van der Waals surface area contributed by atoms with Crippen molar-refractivity contribution in [2.45, 2.75) is 38.4 Å². The summed E-state index contributed by atoms with van der Waals surface area (Å²) in [6, 6.07) is 0. The van der Waals surface area contributed by atoms with Crippen molar-refractivity contribution in [1.29, 1.82) is 0 Å². The Labute approximate surface area is 97.5 Å². The molecule has 0 aromatic rings. The minimum absolute atomic E-state index is 0.0709. The first-order valence-electron chi connectivity index (χ1n) is 5.66. The molecule has 0 aromatic heterocycles. The molecule has 1 N–H and O–H groups in total. The van der Waals surface area contributed by atoms with Crippen molar-refractivity contribution in [2.24, 2.45) is 0 Å². The third-order valence-electron chi connectivity index (χ3n) is 2.57. The average molecular weight is 236 g/mol. The normalized spacial score (nSPS) is 24.6. The topological polar surface area (TPSA) is 30.5 Å². The van der Waals surface area contributed by atoms with Crippen LogP contribution in [0.3, 0.4) is 0 Å². The molecule has 1 unspecified atom stereocenters. The largest absolute Gasteiger partial charge is 0.379 e. The Kier molecular flexibility index (Phi) is 5.90. The SMILES string of the molecule is CC1(C)CCC(CNCCOCCCl)O1. The van der Waals surface area contributed by atoms with Gasteiger partial charge in [-0.3, -0.25) is 0 Å². The van der Waals surface area contributed by atoms with E-state index in [0.717, 1.165) is 32.5 Å². The fourth-order valence-corrected chi connectivity index (χ4v) is 1.89. The zero-order valence-corrected chi connectivity index (χ0v) is 10.5. The summed E-state index contributed by atoms with van der Waals surface area (Å²) < 4.78 is 11.1.